The molecule has 4 N–H and O–H groups in total. The van der Waals surface area contributed by atoms with Gasteiger partial charge in [0.1, 0.15) is 18.2 Å². The maximum absolute atomic E-state index is 5.42. The van der Waals surface area contributed by atoms with Crippen molar-refractivity contribution in [2.24, 2.45) is 11.3 Å². The van der Waals surface area contributed by atoms with Crippen molar-refractivity contribution in [1.82, 2.24) is 9.97 Å². The molecule has 20 heavy (non-hydrogen) atoms. The number of aromatic nitrogens is 2. The minimum Gasteiger partial charge on any atom is -0.385 e. The van der Waals surface area contributed by atoms with Crippen LogP contribution in [0.1, 0.15) is 25.1 Å². The van der Waals surface area contributed by atoms with Gasteiger partial charge in [0.15, 0.2) is 5.82 Å². The molecule has 0 radical (unpaired) electrons. The van der Waals surface area contributed by atoms with Gasteiger partial charge in [-0.25, -0.2) is 15.8 Å². The second-order valence-electron chi connectivity index (χ2n) is 5.23. The molecule has 0 unspecified atom stereocenters. The standard InChI is InChI=1S/C13H23N5O2/c1-19-6-5-13(3-4-13)9-15-10-7-11(18-14)17-12(16-10)8-20-2/h7H,3-6,8-9,14H2,1-2H3,(H2,15,16,17,18). The lowest BCUT2D eigenvalue weighted by Crippen LogP contribution is -2.19. The number of methoxy groups -OCH3 is 2. The van der Waals surface area contributed by atoms with Crippen molar-refractivity contribution in [2.75, 3.05) is 38.1 Å². The van der Waals surface area contributed by atoms with Gasteiger partial charge in [0.2, 0.25) is 0 Å². The minimum absolute atomic E-state index is 0.360. The van der Waals surface area contributed by atoms with Crippen LogP contribution in [0, 0.1) is 5.41 Å². The fourth-order valence-corrected chi connectivity index (χ4v) is 2.14. The summed E-state index contributed by atoms with van der Waals surface area (Å²) in [6.45, 7) is 2.05. The number of nitrogen functional groups attached to an aromatic ring is 1. The molecule has 112 valence electrons. The average Bonchev–Trinajstić information content (AvgIpc) is 3.24. The lowest BCUT2D eigenvalue weighted by Gasteiger charge is -2.16. The number of nitrogens with zero attached hydrogens (tertiary/aromatic N) is 2. The molecule has 1 saturated carbocycles. The van der Waals surface area contributed by atoms with Crippen molar-refractivity contribution in [2.45, 2.75) is 25.9 Å². The topological polar surface area (TPSA) is 94.3 Å². The van der Waals surface area contributed by atoms with E-state index in [0.717, 1.165) is 25.4 Å². The van der Waals surface area contributed by atoms with E-state index < -0.39 is 0 Å². The number of rotatable bonds is 9. The van der Waals surface area contributed by atoms with Crippen molar-refractivity contribution >= 4 is 11.6 Å². The normalized spacial score (nSPS) is 15.9. The molecule has 0 saturated heterocycles. The third-order valence-corrected chi connectivity index (χ3v) is 3.63. The molecule has 0 spiro atoms. The Bertz CT molecular complexity index is 437. The molecule has 1 fully saturated rings. The van der Waals surface area contributed by atoms with Crippen LogP contribution >= 0.6 is 0 Å². The highest BCUT2D eigenvalue weighted by Gasteiger charge is 2.41. The summed E-state index contributed by atoms with van der Waals surface area (Å²) in [6, 6.07) is 1.80. The van der Waals surface area contributed by atoms with E-state index in [2.05, 4.69) is 20.7 Å². The van der Waals surface area contributed by atoms with Crippen LogP contribution in [0.3, 0.4) is 0 Å². The van der Waals surface area contributed by atoms with Gasteiger partial charge < -0.3 is 20.2 Å². The van der Waals surface area contributed by atoms with Crippen molar-refractivity contribution in [3.05, 3.63) is 11.9 Å². The number of hydrogen-bond donors (Lipinski definition) is 3. The Morgan fingerprint density at radius 1 is 1.25 bits per heavy atom. The second-order valence-corrected chi connectivity index (χ2v) is 5.23. The summed E-state index contributed by atoms with van der Waals surface area (Å²) in [6.07, 6.45) is 3.55. The van der Waals surface area contributed by atoms with Gasteiger partial charge in [0.25, 0.3) is 0 Å². The molecule has 0 aromatic carbocycles. The van der Waals surface area contributed by atoms with Crippen LogP contribution in [0.2, 0.25) is 0 Å². The summed E-state index contributed by atoms with van der Waals surface area (Å²) in [5.41, 5.74) is 2.91. The summed E-state index contributed by atoms with van der Waals surface area (Å²) in [4.78, 5) is 8.63. The quantitative estimate of drug-likeness (QED) is 0.461. The first-order valence-corrected chi connectivity index (χ1v) is 6.78. The van der Waals surface area contributed by atoms with Gasteiger partial charge in [-0.15, -0.1) is 0 Å². The first kappa shape index (κ1) is 15.0. The summed E-state index contributed by atoms with van der Waals surface area (Å²) < 4.78 is 10.2. The number of nitrogens with two attached hydrogens (primary N) is 1. The Hall–Kier alpha value is -1.44. The van der Waals surface area contributed by atoms with E-state index in [1.807, 2.05) is 0 Å². The van der Waals surface area contributed by atoms with Crippen LogP contribution in [0.15, 0.2) is 6.07 Å². The Morgan fingerprint density at radius 3 is 2.60 bits per heavy atom. The highest BCUT2D eigenvalue weighted by atomic mass is 16.5. The zero-order valence-corrected chi connectivity index (χ0v) is 12.1. The van der Waals surface area contributed by atoms with E-state index in [1.54, 1.807) is 20.3 Å². The number of hydrazine groups is 1. The molecule has 1 aromatic heterocycles. The van der Waals surface area contributed by atoms with Gasteiger partial charge in [-0.2, -0.15) is 0 Å². The minimum atomic E-state index is 0.360. The predicted octanol–water partition coefficient (Wildman–Crippen LogP) is 1.14. The maximum atomic E-state index is 5.42. The smallest absolute Gasteiger partial charge is 0.158 e. The summed E-state index contributed by atoms with van der Waals surface area (Å²) in [7, 11) is 3.35. The number of nitrogens with one attached hydrogen (secondary N) is 2. The van der Waals surface area contributed by atoms with E-state index in [-0.39, 0.29) is 0 Å². The van der Waals surface area contributed by atoms with Gasteiger partial charge in [-0.3, -0.25) is 0 Å². The van der Waals surface area contributed by atoms with Gasteiger partial charge in [-0.05, 0) is 24.7 Å². The zero-order chi connectivity index (χ0) is 14.4. The number of anilines is 2. The summed E-state index contributed by atoms with van der Waals surface area (Å²) in [5, 5.41) is 3.37. The molecule has 1 heterocycles. The van der Waals surface area contributed by atoms with E-state index in [4.69, 9.17) is 15.3 Å². The molecule has 1 aromatic rings. The molecule has 2 rings (SSSR count). The van der Waals surface area contributed by atoms with Crippen LogP contribution in [-0.2, 0) is 16.1 Å². The Labute approximate surface area is 119 Å². The van der Waals surface area contributed by atoms with Crippen molar-refractivity contribution in [3.63, 3.8) is 0 Å². The van der Waals surface area contributed by atoms with Crippen molar-refractivity contribution in [3.8, 4) is 0 Å². The number of hydrogen-bond acceptors (Lipinski definition) is 7. The van der Waals surface area contributed by atoms with E-state index in [1.165, 1.54) is 12.8 Å². The molecule has 0 atom stereocenters. The van der Waals surface area contributed by atoms with E-state index in [0.29, 0.717) is 23.7 Å². The molecular formula is C13H23N5O2. The zero-order valence-electron chi connectivity index (χ0n) is 12.1. The fourth-order valence-electron chi connectivity index (χ4n) is 2.14. The maximum Gasteiger partial charge on any atom is 0.158 e. The highest BCUT2D eigenvalue weighted by Crippen LogP contribution is 2.48. The van der Waals surface area contributed by atoms with Gasteiger partial charge >= 0.3 is 0 Å². The Kier molecular flexibility index (Phi) is 5.11. The third-order valence-electron chi connectivity index (χ3n) is 3.63. The molecular weight excluding hydrogens is 258 g/mol. The first-order valence-electron chi connectivity index (χ1n) is 6.78. The third kappa shape index (κ3) is 4.03. The predicted molar refractivity (Wildman–Crippen MR) is 77.2 cm³/mol. The molecule has 0 bridgehead atoms. The lowest BCUT2D eigenvalue weighted by molar-refractivity contribution is 0.174. The van der Waals surface area contributed by atoms with Crippen LogP contribution < -0.4 is 16.6 Å². The van der Waals surface area contributed by atoms with Gasteiger partial charge in [0, 0.05) is 33.4 Å². The number of ether oxygens (including phenoxy) is 2. The summed E-state index contributed by atoms with van der Waals surface area (Å²) >= 11 is 0. The van der Waals surface area contributed by atoms with Crippen molar-refractivity contribution < 1.29 is 9.47 Å². The summed E-state index contributed by atoms with van der Waals surface area (Å²) in [5.74, 6) is 7.37. The highest BCUT2D eigenvalue weighted by molar-refractivity contribution is 5.47. The van der Waals surface area contributed by atoms with Gasteiger partial charge in [-0.1, -0.05) is 0 Å². The van der Waals surface area contributed by atoms with Gasteiger partial charge in [0.05, 0.1) is 0 Å². The molecule has 1 aliphatic rings. The Morgan fingerprint density at radius 2 is 2.00 bits per heavy atom. The largest absolute Gasteiger partial charge is 0.385 e. The molecule has 7 heteroatoms. The van der Waals surface area contributed by atoms with E-state index >= 15 is 0 Å². The monoisotopic (exact) mass is 281 g/mol. The molecule has 0 aliphatic heterocycles. The average molecular weight is 281 g/mol. The SMILES string of the molecule is COCCC1(CNc2cc(NN)nc(COC)n2)CC1. The second kappa shape index (κ2) is 6.83. The fraction of sp³-hybridized carbons (Fsp3) is 0.692. The van der Waals surface area contributed by atoms with Crippen LogP contribution in [-0.4, -0.2) is 37.3 Å². The molecule has 7 nitrogen and oxygen atoms in total. The van der Waals surface area contributed by atoms with Crippen LogP contribution in [0.4, 0.5) is 11.6 Å². The van der Waals surface area contributed by atoms with Crippen LogP contribution in [0.25, 0.3) is 0 Å². The Balaban J connectivity index is 1.96. The molecule has 0 amide bonds. The first-order chi connectivity index (χ1) is 9.71. The van der Waals surface area contributed by atoms with Crippen molar-refractivity contribution in [1.29, 1.82) is 0 Å². The lowest BCUT2D eigenvalue weighted by atomic mass is 10.0. The molecule has 1 aliphatic carbocycles. The van der Waals surface area contributed by atoms with Crippen LogP contribution in [0.5, 0.6) is 0 Å². The van der Waals surface area contributed by atoms with E-state index in [9.17, 15) is 0 Å².